The summed E-state index contributed by atoms with van der Waals surface area (Å²) in [4.78, 5) is 0. The Kier molecular flexibility index (Phi) is 5.84. The second-order valence-corrected chi connectivity index (χ2v) is 6.91. The van der Waals surface area contributed by atoms with E-state index in [0.717, 1.165) is 5.57 Å². The van der Waals surface area contributed by atoms with E-state index in [2.05, 4.69) is 0 Å². The molecule has 0 saturated carbocycles. The van der Waals surface area contributed by atoms with Crippen LogP contribution in [0.1, 0.15) is 33.6 Å². The van der Waals surface area contributed by atoms with E-state index in [1.165, 1.54) is 0 Å². The van der Waals surface area contributed by atoms with Crippen LogP contribution >= 0.6 is 0 Å². The minimum absolute atomic E-state index is 0.0221. The third-order valence-electron chi connectivity index (χ3n) is 5.09. The molecular weight excluding hydrogens is 304 g/mol. The maximum Gasteiger partial charge on any atom is 0.187 e. The van der Waals surface area contributed by atoms with Gasteiger partial charge in [0.05, 0.1) is 18.3 Å². The molecule has 0 spiro atoms. The summed E-state index contributed by atoms with van der Waals surface area (Å²) >= 11 is 0. The zero-order valence-electron chi connectivity index (χ0n) is 13.8. The van der Waals surface area contributed by atoms with Gasteiger partial charge in [0.2, 0.25) is 0 Å². The van der Waals surface area contributed by atoms with Crippen molar-refractivity contribution in [3.8, 4) is 0 Å². The fourth-order valence-electron chi connectivity index (χ4n) is 3.14. The zero-order valence-corrected chi connectivity index (χ0v) is 13.8. The molecule has 0 amide bonds. The first-order chi connectivity index (χ1) is 10.7. The van der Waals surface area contributed by atoms with Crippen LogP contribution < -0.4 is 0 Å². The standard InChI is InChI=1S/C16H28O7/c1-8(2)16(5-4-9(3)10(18)6-16)23-15-14(21)13(20)12(19)11(7-17)22-15/h4,8,10-15,17-21H,5-7H2,1-3H3. The molecule has 1 aliphatic heterocycles. The molecule has 1 fully saturated rings. The molecule has 2 rings (SSSR count). The molecule has 7 atom stereocenters. The van der Waals surface area contributed by atoms with Crippen LogP contribution in [0.4, 0.5) is 0 Å². The molecule has 134 valence electrons. The topological polar surface area (TPSA) is 120 Å². The van der Waals surface area contributed by atoms with Gasteiger partial charge in [0.25, 0.3) is 0 Å². The summed E-state index contributed by atoms with van der Waals surface area (Å²) in [6.07, 6.45) is -4.36. The van der Waals surface area contributed by atoms with E-state index in [1.54, 1.807) is 0 Å². The molecule has 0 aromatic rings. The molecule has 5 N–H and O–H groups in total. The van der Waals surface area contributed by atoms with Gasteiger partial charge in [-0.3, -0.25) is 0 Å². The second kappa shape index (κ2) is 7.14. The van der Waals surface area contributed by atoms with Crippen LogP contribution in [0.25, 0.3) is 0 Å². The Labute approximate surface area is 136 Å². The second-order valence-electron chi connectivity index (χ2n) is 6.91. The van der Waals surface area contributed by atoms with Crippen molar-refractivity contribution in [1.82, 2.24) is 0 Å². The van der Waals surface area contributed by atoms with Gasteiger partial charge in [0, 0.05) is 6.42 Å². The molecule has 23 heavy (non-hydrogen) atoms. The summed E-state index contributed by atoms with van der Waals surface area (Å²) in [6, 6.07) is 0. The van der Waals surface area contributed by atoms with Crippen molar-refractivity contribution in [2.24, 2.45) is 5.92 Å². The van der Waals surface area contributed by atoms with Crippen molar-refractivity contribution in [2.45, 2.75) is 76.0 Å². The first kappa shape index (κ1) is 18.8. The molecule has 7 heteroatoms. The molecule has 1 saturated heterocycles. The molecule has 0 aromatic carbocycles. The lowest BCUT2D eigenvalue weighted by Gasteiger charge is -2.47. The summed E-state index contributed by atoms with van der Waals surface area (Å²) in [6.45, 7) is 5.25. The summed E-state index contributed by atoms with van der Waals surface area (Å²) in [5.74, 6) is 0.0221. The summed E-state index contributed by atoms with van der Waals surface area (Å²) in [5, 5.41) is 49.3. The van der Waals surface area contributed by atoms with E-state index < -0.39 is 49.0 Å². The number of aliphatic hydroxyl groups is 5. The Morgan fingerprint density at radius 3 is 2.39 bits per heavy atom. The highest BCUT2D eigenvalue weighted by Gasteiger charge is 2.49. The highest BCUT2D eigenvalue weighted by atomic mass is 16.7. The Hall–Kier alpha value is -0.540. The van der Waals surface area contributed by atoms with Crippen molar-refractivity contribution < 1.29 is 35.0 Å². The van der Waals surface area contributed by atoms with Gasteiger partial charge in [-0.1, -0.05) is 19.9 Å². The fraction of sp³-hybridized carbons (Fsp3) is 0.875. The van der Waals surface area contributed by atoms with E-state index in [4.69, 9.17) is 9.47 Å². The normalized spacial score (nSPS) is 45.2. The van der Waals surface area contributed by atoms with Crippen molar-refractivity contribution in [1.29, 1.82) is 0 Å². The molecule has 0 bridgehead atoms. The SMILES string of the molecule is CC1=CCC(OC2OC(CO)C(O)C(O)C2O)(C(C)C)CC1O. The van der Waals surface area contributed by atoms with Gasteiger partial charge < -0.3 is 35.0 Å². The summed E-state index contributed by atoms with van der Waals surface area (Å²) in [7, 11) is 0. The molecule has 2 aliphatic rings. The van der Waals surface area contributed by atoms with Crippen LogP contribution in [-0.4, -0.2) is 74.6 Å². The van der Waals surface area contributed by atoms with E-state index in [1.807, 2.05) is 26.8 Å². The van der Waals surface area contributed by atoms with Gasteiger partial charge in [-0.2, -0.15) is 0 Å². The summed E-state index contributed by atoms with van der Waals surface area (Å²) < 4.78 is 11.4. The zero-order chi connectivity index (χ0) is 17.4. The highest BCUT2D eigenvalue weighted by molar-refractivity contribution is 5.15. The average molecular weight is 332 g/mol. The van der Waals surface area contributed by atoms with Gasteiger partial charge >= 0.3 is 0 Å². The van der Waals surface area contributed by atoms with Crippen molar-refractivity contribution in [3.63, 3.8) is 0 Å². The Morgan fingerprint density at radius 2 is 1.87 bits per heavy atom. The first-order valence-electron chi connectivity index (χ1n) is 8.05. The van der Waals surface area contributed by atoms with Crippen LogP contribution in [-0.2, 0) is 9.47 Å². The number of rotatable bonds is 4. The molecule has 1 heterocycles. The van der Waals surface area contributed by atoms with Crippen LogP contribution in [0.3, 0.4) is 0 Å². The number of hydrogen-bond acceptors (Lipinski definition) is 7. The molecule has 7 unspecified atom stereocenters. The predicted molar refractivity (Wildman–Crippen MR) is 81.4 cm³/mol. The molecule has 0 radical (unpaired) electrons. The Bertz CT molecular complexity index is 436. The van der Waals surface area contributed by atoms with E-state index in [0.29, 0.717) is 12.8 Å². The largest absolute Gasteiger partial charge is 0.394 e. The summed E-state index contributed by atoms with van der Waals surface area (Å²) in [5.41, 5.74) is 0.116. The van der Waals surface area contributed by atoms with Gasteiger partial charge in [-0.25, -0.2) is 0 Å². The third-order valence-corrected chi connectivity index (χ3v) is 5.09. The monoisotopic (exact) mass is 332 g/mol. The van der Waals surface area contributed by atoms with Gasteiger partial charge in [-0.05, 0) is 24.8 Å². The molecule has 1 aliphatic carbocycles. The van der Waals surface area contributed by atoms with Crippen LogP contribution in [0, 0.1) is 5.92 Å². The van der Waals surface area contributed by atoms with Crippen LogP contribution in [0.15, 0.2) is 11.6 Å². The lowest BCUT2D eigenvalue weighted by molar-refractivity contribution is -0.334. The average Bonchev–Trinajstić information content (AvgIpc) is 2.51. The van der Waals surface area contributed by atoms with E-state index in [9.17, 15) is 25.5 Å². The lowest BCUT2D eigenvalue weighted by atomic mass is 9.76. The van der Waals surface area contributed by atoms with Gasteiger partial charge in [-0.15, -0.1) is 0 Å². The third kappa shape index (κ3) is 3.61. The number of aliphatic hydroxyl groups excluding tert-OH is 5. The van der Waals surface area contributed by atoms with E-state index >= 15 is 0 Å². The Morgan fingerprint density at radius 1 is 1.22 bits per heavy atom. The minimum atomic E-state index is -1.47. The Balaban J connectivity index is 2.20. The lowest BCUT2D eigenvalue weighted by Crippen LogP contribution is -2.61. The number of ether oxygens (including phenoxy) is 2. The smallest absolute Gasteiger partial charge is 0.187 e. The molecule has 0 aromatic heterocycles. The quantitative estimate of drug-likeness (QED) is 0.432. The minimum Gasteiger partial charge on any atom is -0.394 e. The van der Waals surface area contributed by atoms with Crippen molar-refractivity contribution in [2.75, 3.05) is 6.61 Å². The van der Waals surface area contributed by atoms with Crippen molar-refractivity contribution >= 4 is 0 Å². The maximum absolute atomic E-state index is 10.2. The van der Waals surface area contributed by atoms with Crippen LogP contribution in [0.5, 0.6) is 0 Å². The number of hydrogen-bond donors (Lipinski definition) is 5. The van der Waals surface area contributed by atoms with Crippen LogP contribution in [0.2, 0.25) is 0 Å². The van der Waals surface area contributed by atoms with Gasteiger partial charge in [0.1, 0.15) is 24.4 Å². The maximum atomic E-state index is 10.2. The molecular formula is C16H28O7. The van der Waals surface area contributed by atoms with Crippen molar-refractivity contribution in [3.05, 3.63) is 11.6 Å². The van der Waals surface area contributed by atoms with E-state index in [-0.39, 0.29) is 5.92 Å². The fourth-order valence-corrected chi connectivity index (χ4v) is 3.14. The van der Waals surface area contributed by atoms with Gasteiger partial charge in [0.15, 0.2) is 6.29 Å². The molecule has 7 nitrogen and oxygen atoms in total. The highest BCUT2D eigenvalue weighted by Crippen LogP contribution is 2.39. The predicted octanol–water partition coefficient (Wildman–Crippen LogP) is -0.701. The first-order valence-corrected chi connectivity index (χ1v) is 8.05.